The van der Waals surface area contributed by atoms with Crippen molar-refractivity contribution in [3.63, 3.8) is 0 Å². The van der Waals surface area contributed by atoms with E-state index in [1.807, 2.05) is 48.7 Å². The number of carbonyl (C=O) groups is 1. The predicted octanol–water partition coefficient (Wildman–Crippen LogP) is 5.93. The molecule has 164 valence electrons. The lowest BCUT2D eigenvalue weighted by Gasteiger charge is -2.12. The normalized spacial score (nSPS) is 11.2. The highest BCUT2D eigenvalue weighted by atomic mass is 16.5. The highest BCUT2D eigenvalue weighted by Crippen LogP contribution is 2.39. The van der Waals surface area contributed by atoms with Gasteiger partial charge in [-0.3, -0.25) is 4.79 Å². The van der Waals surface area contributed by atoms with Gasteiger partial charge in [0.1, 0.15) is 12.4 Å². The lowest BCUT2D eigenvalue weighted by Crippen LogP contribution is -2.14. The minimum Gasteiger partial charge on any atom is -0.487 e. The Kier molecular flexibility index (Phi) is 5.57. The number of rotatable bonds is 7. The molecule has 4 heteroatoms. The van der Waals surface area contributed by atoms with Crippen LogP contribution in [0, 0.1) is 0 Å². The summed E-state index contributed by atoms with van der Waals surface area (Å²) in [6, 6.07) is 28.8. The van der Waals surface area contributed by atoms with Crippen LogP contribution in [-0.2, 0) is 24.2 Å². The van der Waals surface area contributed by atoms with Crippen LogP contribution in [-0.4, -0.2) is 10.3 Å². The Morgan fingerprint density at radius 1 is 0.879 bits per heavy atom. The number of nitrogens with two attached hydrogens (primary N) is 1. The zero-order chi connectivity index (χ0) is 22.8. The number of amides is 1. The third-order valence-electron chi connectivity index (χ3n) is 6.12. The highest BCUT2D eigenvalue weighted by molar-refractivity contribution is 5.98. The Bertz CT molecular complexity index is 1450. The summed E-state index contributed by atoms with van der Waals surface area (Å²) in [6.45, 7) is 2.57. The summed E-state index contributed by atoms with van der Waals surface area (Å²) in [5.41, 5.74) is 12.0. The molecule has 0 radical (unpaired) electrons. The molecule has 0 aliphatic carbocycles. The Hall–Kier alpha value is -4.05. The summed E-state index contributed by atoms with van der Waals surface area (Å²) in [7, 11) is 0. The molecule has 4 nitrogen and oxygen atoms in total. The molecule has 1 amide bonds. The lowest BCUT2D eigenvalue weighted by atomic mass is 9.96. The van der Waals surface area contributed by atoms with E-state index in [-0.39, 0.29) is 12.3 Å². The number of benzene rings is 3. The van der Waals surface area contributed by atoms with Crippen LogP contribution in [0.15, 0.2) is 91.1 Å². The van der Waals surface area contributed by atoms with Gasteiger partial charge in [-0.15, -0.1) is 0 Å². The van der Waals surface area contributed by atoms with Gasteiger partial charge in [0.15, 0.2) is 0 Å². The second-order valence-corrected chi connectivity index (χ2v) is 8.19. The van der Waals surface area contributed by atoms with E-state index in [0.29, 0.717) is 6.61 Å². The molecule has 5 aromatic rings. The van der Waals surface area contributed by atoms with Crippen LogP contribution in [0.1, 0.15) is 23.6 Å². The topological polar surface area (TPSA) is 56.7 Å². The SMILES string of the molecule is CCc1c(CC(N)=O)c2c(OCc3ccccc3)cccn2c1-c1cccc2ccccc12. The van der Waals surface area contributed by atoms with E-state index < -0.39 is 0 Å². The molecule has 2 aromatic heterocycles. The van der Waals surface area contributed by atoms with Crippen molar-refractivity contribution in [2.45, 2.75) is 26.4 Å². The molecule has 0 aliphatic rings. The van der Waals surface area contributed by atoms with Gasteiger partial charge in [0.2, 0.25) is 5.91 Å². The molecule has 5 rings (SSSR count). The lowest BCUT2D eigenvalue weighted by molar-refractivity contribution is -0.117. The smallest absolute Gasteiger partial charge is 0.221 e. The molecule has 3 aromatic carbocycles. The molecule has 0 fully saturated rings. The van der Waals surface area contributed by atoms with Crippen LogP contribution in [0.5, 0.6) is 5.75 Å². The maximum Gasteiger partial charge on any atom is 0.221 e. The third kappa shape index (κ3) is 3.85. The monoisotopic (exact) mass is 434 g/mol. The van der Waals surface area contributed by atoms with Crippen molar-refractivity contribution in [1.29, 1.82) is 0 Å². The van der Waals surface area contributed by atoms with Crippen LogP contribution < -0.4 is 10.5 Å². The first-order valence-electron chi connectivity index (χ1n) is 11.2. The number of pyridine rings is 1. The Morgan fingerprint density at radius 2 is 1.64 bits per heavy atom. The quantitative estimate of drug-likeness (QED) is 0.345. The number of fused-ring (bicyclic) bond motifs is 2. The first-order chi connectivity index (χ1) is 16.2. The van der Waals surface area contributed by atoms with Gasteiger partial charge in [-0.2, -0.15) is 0 Å². The Balaban J connectivity index is 1.75. The molecule has 0 saturated carbocycles. The van der Waals surface area contributed by atoms with Crippen molar-refractivity contribution in [2.75, 3.05) is 0 Å². The van der Waals surface area contributed by atoms with Crippen LogP contribution in [0.25, 0.3) is 27.5 Å². The number of hydrogen-bond donors (Lipinski definition) is 1. The summed E-state index contributed by atoms with van der Waals surface area (Å²) in [6.07, 6.45) is 3.00. The highest BCUT2D eigenvalue weighted by Gasteiger charge is 2.23. The molecule has 0 spiro atoms. The molecular formula is C29H26N2O2. The van der Waals surface area contributed by atoms with E-state index in [0.717, 1.165) is 45.6 Å². The number of nitrogens with zero attached hydrogens (tertiary/aromatic N) is 1. The zero-order valence-electron chi connectivity index (χ0n) is 18.6. The first-order valence-corrected chi connectivity index (χ1v) is 11.2. The van der Waals surface area contributed by atoms with Gasteiger partial charge < -0.3 is 14.9 Å². The van der Waals surface area contributed by atoms with Crippen molar-refractivity contribution in [3.05, 3.63) is 108 Å². The maximum atomic E-state index is 12.1. The van der Waals surface area contributed by atoms with Crippen LogP contribution in [0.4, 0.5) is 0 Å². The minimum absolute atomic E-state index is 0.170. The fraction of sp³-hybridized carbons (Fsp3) is 0.138. The Morgan fingerprint density at radius 3 is 2.42 bits per heavy atom. The molecule has 33 heavy (non-hydrogen) atoms. The van der Waals surface area contributed by atoms with Gasteiger partial charge in [0.05, 0.1) is 17.6 Å². The first kappa shape index (κ1) is 20.8. The summed E-state index contributed by atoms with van der Waals surface area (Å²) in [4.78, 5) is 12.1. The molecule has 0 saturated heterocycles. The van der Waals surface area contributed by atoms with E-state index in [1.165, 1.54) is 10.8 Å². The molecule has 0 unspecified atom stereocenters. The second-order valence-electron chi connectivity index (χ2n) is 8.19. The minimum atomic E-state index is -0.348. The number of primary amides is 1. The van der Waals surface area contributed by atoms with Gasteiger partial charge in [-0.1, -0.05) is 79.7 Å². The van der Waals surface area contributed by atoms with Crippen molar-refractivity contribution >= 4 is 22.2 Å². The van der Waals surface area contributed by atoms with Gasteiger partial charge in [0, 0.05) is 11.8 Å². The van der Waals surface area contributed by atoms with Crippen molar-refractivity contribution in [1.82, 2.24) is 4.40 Å². The third-order valence-corrected chi connectivity index (χ3v) is 6.12. The second kappa shape index (κ2) is 8.83. The number of hydrogen-bond acceptors (Lipinski definition) is 2. The van der Waals surface area contributed by atoms with Crippen LogP contribution in [0.2, 0.25) is 0 Å². The standard InChI is InChI=1S/C29H26N2O2/c1-2-22-25(18-27(30)32)29-26(33-19-20-10-4-3-5-11-20)16-9-17-31(29)28(22)24-15-8-13-21-12-6-7-14-23(21)24/h3-17H,2,18-19H2,1H3,(H2,30,32). The van der Waals surface area contributed by atoms with Gasteiger partial charge in [0.25, 0.3) is 0 Å². The van der Waals surface area contributed by atoms with E-state index in [2.05, 4.69) is 53.8 Å². The van der Waals surface area contributed by atoms with Crippen LogP contribution in [0.3, 0.4) is 0 Å². The van der Waals surface area contributed by atoms with Gasteiger partial charge in [-0.05, 0) is 46.0 Å². The molecular weight excluding hydrogens is 408 g/mol. The molecule has 2 N–H and O–H groups in total. The zero-order valence-corrected chi connectivity index (χ0v) is 18.6. The van der Waals surface area contributed by atoms with E-state index in [1.54, 1.807) is 0 Å². The maximum absolute atomic E-state index is 12.1. The molecule has 0 aliphatic heterocycles. The summed E-state index contributed by atoms with van der Waals surface area (Å²) in [5.74, 6) is 0.401. The average molecular weight is 435 g/mol. The van der Waals surface area contributed by atoms with E-state index in [9.17, 15) is 4.79 Å². The Labute approximate surface area is 193 Å². The van der Waals surface area contributed by atoms with Crippen LogP contribution >= 0.6 is 0 Å². The largest absolute Gasteiger partial charge is 0.487 e. The number of ether oxygens (including phenoxy) is 1. The van der Waals surface area contributed by atoms with Crippen molar-refractivity contribution in [2.24, 2.45) is 5.73 Å². The van der Waals surface area contributed by atoms with Gasteiger partial charge in [-0.25, -0.2) is 0 Å². The average Bonchev–Trinajstić information content (AvgIpc) is 3.16. The van der Waals surface area contributed by atoms with E-state index >= 15 is 0 Å². The fourth-order valence-corrected chi connectivity index (χ4v) is 4.72. The molecule has 2 heterocycles. The number of carbonyl (C=O) groups excluding carboxylic acids is 1. The molecule has 0 bridgehead atoms. The fourth-order valence-electron chi connectivity index (χ4n) is 4.72. The number of aromatic nitrogens is 1. The van der Waals surface area contributed by atoms with E-state index in [4.69, 9.17) is 10.5 Å². The predicted molar refractivity (Wildman–Crippen MR) is 133 cm³/mol. The van der Waals surface area contributed by atoms with Crippen molar-refractivity contribution in [3.8, 4) is 17.0 Å². The van der Waals surface area contributed by atoms with Crippen molar-refractivity contribution < 1.29 is 9.53 Å². The summed E-state index contributed by atoms with van der Waals surface area (Å²) in [5, 5.41) is 2.36. The van der Waals surface area contributed by atoms with Gasteiger partial charge >= 0.3 is 0 Å². The summed E-state index contributed by atoms with van der Waals surface area (Å²) < 4.78 is 8.46. The summed E-state index contributed by atoms with van der Waals surface area (Å²) >= 11 is 0. The molecule has 0 atom stereocenters.